The number of ether oxygens (including phenoxy) is 1. The monoisotopic (exact) mass is 422 g/mol. The average Bonchev–Trinajstić information content (AvgIpc) is 2.41. The Morgan fingerprint density at radius 1 is 1.43 bits per heavy atom. The molecule has 0 saturated heterocycles. The third-order valence-corrected chi connectivity index (χ3v) is 5.82. The van der Waals surface area contributed by atoms with Gasteiger partial charge in [0.05, 0.1) is 9.26 Å². The standard InChI is InChI=1S/C16H24ClIN2O/c1-5-21-16(8-6-7-11(4)9-16)15-19-13(10(2)3)12(18)14(17)20-15/h10-11H,5-9H2,1-4H3. The molecule has 0 amide bonds. The molecule has 0 aromatic carbocycles. The fourth-order valence-corrected chi connectivity index (χ4v) is 4.24. The molecule has 0 aliphatic heterocycles. The van der Waals surface area contributed by atoms with E-state index >= 15 is 0 Å². The first kappa shape index (κ1) is 17.4. The Balaban J connectivity index is 2.50. The van der Waals surface area contributed by atoms with Crippen LogP contribution in [-0.2, 0) is 10.3 Å². The summed E-state index contributed by atoms with van der Waals surface area (Å²) in [7, 11) is 0. The van der Waals surface area contributed by atoms with Crippen molar-refractivity contribution in [3.8, 4) is 0 Å². The highest BCUT2D eigenvalue weighted by Gasteiger charge is 2.40. The Hall–Kier alpha value is 0.0600. The number of aromatic nitrogens is 2. The molecule has 1 aliphatic carbocycles. The molecule has 1 heterocycles. The van der Waals surface area contributed by atoms with Crippen molar-refractivity contribution < 1.29 is 4.74 Å². The minimum atomic E-state index is -0.357. The predicted molar refractivity (Wildman–Crippen MR) is 94.8 cm³/mol. The first-order chi connectivity index (χ1) is 9.89. The van der Waals surface area contributed by atoms with Gasteiger partial charge in [0.1, 0.15) is 10.8 Å². The van der Waals surface area contributed by atoms with E-state index in [2.05, 4.69) is 48.3 Å². The van der Waals surface area contributed by atoms with E-state index in [0.717, 1.165) is 34.4 Å². The van der Waals surface area contributed by atoms with Crippen LogP contribution in [0.1, 0.15) is 70.8 Å². The minimum Gasteiger partial charge on any atom is -0.367 e. The molecule has 0 spiro atoms. The lowest BCUT2D eigenvalue weighted by Gasteiger charge is -2.38. The second kappa shape index (κ2) is 7.09. The molecule has 1 saturated carbocycles. The summed E-state index contributed by atoms with van der Waals surface area (Å²) in [5.41, 5.74) is 0.673. The molecule has 1 aromatic rings. The molecule has 2 rings (SSSR count). The van der Waals surface area contributed by atoms with Crippen LogP contribution >= 0.6 is 34.2 Å². The van der Waals surface area contributed by atoms with Crippen molar-refractivity contribution in [2.75, 3.05) is 6.61 Å². The van der Waals surface area contributed by atoms with Crippen LogP contribution in [0, 0.1) is 9.49 Å². The van der Waals surface area contributed by atoms with Gasteiger partial charge in [0, 0.05) is 6.61 Å². The smallest absolute Gasteiger partial charge is 0.162 e. The van der Waals surface area contributed by atoms with E-state index in [-0.39, 0.29) is 5.60 Å². The van der Waals surface area contributed by atoms with E-state index in [4.69, 9.17) is 21.3 Å². The van der Waals surface area contributed by atoms with E-state index in [1.54, 1.807) is 0 Å². The molecule has 1 aliphatic rings. The third-order valence-electron chi connectivity index (χ3n) is 4.17. The van der Waals surface area contributed by atoms with Crippen LogP contribution in [0.4, 0.5) is 0 Å². The van der Waals surface area contributed by atoms with Crippen LogP contribution in [0.15, 0.2) is 0 Å². The molecule has 2 atom stereocenters. The van der Waals surface area contributed by atoms with Crippen molar-refractivity contribution in [1.29, 1.82) is 0 Å². The van der Waals surface area contributed by atoms with E-state index in [1.165, 1.54) is 6.42 Å². The summed E-state index contributed by atoms with van der Waals surface area (Å²) < 4.78 is 7.13. The molecule has 118 valence electrons. The number of halogens is 2. The zero-order chi connectivity index (χ0) is 15.6. The quantitative estimate of drug-likeness (QED) is 0.488. The molecule has 0 N–H and O–H groups in total. The highest BCUT2D eigenvalue weighted by Crippen LogP contribution is 2.42. The summed E-state index contributed by atoms with van der Waals surface area (Å²) in [5, 5.41) is 0.557. The van der Waals surface area contributed by atoms with Gasteiger partial charge < -0.3 is 4.74 Å². The van der Waals surface area contributed by atoms with Crippen LogP contribution in [-0.4, -0.2) is 16.6 Å². The van der Waals surface area contributed by atoms with E-state index in [1.807, 2.05) is 6.92 Å². The molecule has 3 nitrogen and oxygen atoms in total. The minimum absolute atomic E-state index is 0.329. The normalized spacial score (nSPS) is 26.3. The maximum Gasteiger partial charge on any atom is 0.162 e. The van der Waals surface area contributed by atoms with Crippen LogP contribution in [0.2, 0.25) is 5.15 Å². The van der Waals surface area contributed by atoms with Gasteiger partial charge in [-0.15, -0.1) is 0 Å². The average molecular weight is 423 g/mol. The topological polar surface area (TPSA) is 35.0 Å². The Labute approximate surface area is 146 Å². The second-order valence-corrected chi connectivity index (χ2v) is 7.76. The Kier molecular flexibility index (Phi) is 5.88. The first-order valence-electron chi connectivity index (χ1n) is 7.77. The van der Waals surface area contributed by atoms with E-state index in [0.29, 0.717) is 23.6 Å². The molecular formula is C16H24ClIN2O. The van der Waals surface area contributed by atoms with Gasteiger partial charge in [-0.05, 0) is 60.6 Å². The maximum atomic E-state index is 6.37. The van der Waals surface area contributed by atoms with Gasteiger partial charge >= 0.3 is 0 Å². The van der Waals surface area contributed by atoms with Crippen molar-refractivity contribution >= 4 is 34.2 Å². The summed E-state index contributed by atoms with van der Waals surface area (Å²) in [6.07, 6.45) is 4.38. The van der Waals surface area contributed by atoms with E-state index < -0.39 is 0 Å². The lowest BCUT2D eigenvalue weighted by molar-refractivity contribution is -0.0882. The molecule has 1 aromatic heterocycles. The highest BCUT2D eigenvalue weighted by atomic mass is 127. The summed E-state index contributed by atoms with van der Waals surface area (Å²) in [4.78, 5) is 9.44. The molecule has 2 unspecified atom stereocenters. The maximum absolute atomic E-state index is 6.37. The summed E-state index contributed by atoms with van der Waals surface area (Å²) in [5.74, 6) is 1.75. The molecule has 5 heteroatoms. The van der Waals surface area contributed by atoms with Gasteiger partial charge in [0.2, 0.25) is 0 Å². The third kappa shape index (κ3) is 3.70. The molecule has 21 heavy (non-hydrogen) atoms. The Morgan fingerprint density at radius 3 is 2.71 bits per heavy atom. The summed E-state index contributed by atoms with van der Waals surface area (Å²) in [6.45, 7) is 9.28. The molecular weight excluding hydrogens is 399 g/mol. The number of hydrogen-bond donors (Lipinski definition) is 0. The van der Waals surface area contributed by atoms with Crippen molar-refractivity contribution in [1.82, 2.24) is 9.97 Å². The highest BCUT2D eigenvalue weighted by molar-refractivity contribution is 14.1. The lowest BCUT2D eigenvalue weighted by atomic mass is 9.78. The molecule has 1 fully saturated rings. The van der Waals surface area contributed by atoms with Crippen molar-refractivity contribution in [2.24, 2.45) is 5.92 Å². The summed E-state index contributed by atoms with van der Waals surface area (Å²) in [6, 6.07) is 0. The van der Waals surface area contributed by atoms with Gasteiger partial charge in [-0.25, -0.2) is 9.97 Å². The zero-order valence-electron chi connectivity index (χ0n) is 13.2. The van der Waals surface area contributed by atoms with Gasteiger partial charge in [-0.1, -0.05) is 38.8 Å². The van der Waals surface area contributed by atoms with Gasteiger partial charge in [-0.2, -0.15) is 0 Å². The van der Waals surface area contributed by atoms with Crippen LogP contribution in [0.25, 0.3) is 0 Å². The van der Waals surface area contributed by atoms with Crippen LogP contribution in [0.3, 0.4) is 0 Å². The molecule has 0 radical (unpaired) electrons. The van der Waals surface area contributed by atoms with Crippen LogP contribution in [0.5, 0.6) is 0 Å². The lowest BCUT2D eigenvalue weighted by Crippen LogP contribution is -2.37. The van der Waals surface area contributed by atoms with Crippen molar-refractivity contribution in [3.63, 3.8) is 0 Å². The van der Waals surface area contributed by atoms with E-state index in [9.17, 15) is 0 Å². The van der Waals surface area contributed by atoms with Gasteiger partial charge in [-0.3, -0.25) is 0 Å². The van der Waals surface area contributed by atoms with Crippen LogP contribution < -0.4 is 0 Å². The Bertz CT molecular complexity index is 505. The fourth-order valence-electron chi connectivity index (χ4n) is 3.20. The molecule has 0 bridgehead atoms. The predicted octanol–water partition coefficient (Wildman–Crippen LogP) is 5.30. The number of hydrogen-bond acceptors (Lipinski definition) is 3. The first-order valence-corrected chi connectivity index (χ1v) is 9.22. The zero-order valence-corrected chi connectivity index (χ0v) is 16.2. The second-order valence-electron chi connectivity index (χ2n) is 6.32. The SMILES string of the molecule is CCOC1(c2nc(Cl)c(I)c(C(C)C)n2)CCCC(C)C1. The largest absolute Gasteiger partial charge is 0.367 e. The summed E-state index contributed by atoms with van der Waals surface area (Å²) >= 11 is 8.61. The van der Waals surface area contributed by atoms with Crippen molar-refractivity contribution in [2.45, 2.75) is 64.9 Å². The fraction of sp³-hybridized carbons (Fsp3) is 0.750. The van der Waals surface area contributed by atoms with Gasteiger partial charge in [0.25, 0.3) is 0 Å². The van der Waals surface area contributed by atoms with Gasteiger partial charge in [0.15, 0.2) is 5.82 Å². The van der Waals surface area contributed by atoms with Crippen molar-refractivity contribution in [3.05, 3.63) is 20.2 Å². The number of rotatable bonds is 4. The number of nitrogens with zero attached hydrogens (tertiary/aromatic N) is 2. The Morgan fingerprint density at radius 2 is 2.14 bits per heavy atom.